The number of para-hydroxylation sites is 2. The summed E-state index contributed by atoms with van der Waals surface area (Å²) in [6, 6.07) is 27.3. The van der Waals surface area contributed by atoms with Crippen molar-refractivity contribution >= 4 is 57.6 Å². The number of benzene rings is 4. The van der Waals surface area contributed by atoms with E-state index in [1.807, 2.05) is 54.6 Å². The first-order valence-electron chi connectivity index (χ1n) is 13.5. The first kappa shape index (κ1) is 26.3. The summed E-state index contributed by atoms with van der Waals surface area (Å²) < 4.78 is 0. The second kappa shape index (κ2) is 10.4. The van der Waals surface area contributed by atoms with Crippen LogP contribution in [0.2, 0.25) is 10.0 Å². The number of imide groups is 1. The molecule has 7 rings (SSSR count). The molecule has 9 heteroatoms. The van der Waals surface area contributed by atoms with E-state index >= 15 is 0 Å². The molecule has 2 N–H and O–H groups in total. The second-order valence-electron chi connectivity index (χ2n) is 10.4. The number of aromatic amines is 1. The van der Waals surface area contributed by atoms with Crippen molar-refractivity contribution in [3.05, 3.63) is 135 Å². The van der Waals surface area contributed by atoms with Gasteiger partial charge in [-0.3, -0.25) is 14.5 Å². The van der Waals surface area contributed by atoms with Gasteiger partial charge in [0.1, 0.15) is 12.1 Å². The molecule has 1 saturated heterocycles. The van der Waals surface area contributed by atoms with Gasteiger partial charge in [-0.25, -0.2) is 9.69 Å². The van der Waals surface area contributed by atoms with Crippen LogP contribution in [0, 0.1) is 0 Å². The highest BCUT2D eigenvalue weighted by Crippen LogP contribution is 2.45. The van der Waals surface area contributed by atoms with Crippen molar-refractivity contribution < 1.29 is 14.4 Å². The van der Waals surface area contributed by atoms with Crippen molar-refractivity contribution in [2.45, 2.75) is 25.0 Å². The van der Waals surface area contributed by atoms with Crippen molar-refractivity contribution in [2.75, 3.05) is 4.90 Å². The molecule has 0 aliphatic carbocycles. The molecule has 42 heavy (non-hydrogen) atoms. The van der Waals surface area contributed by atoms with Gasteiger partial charge in [-0.15, -0.1) is 0 Å². The van der Waals surface area contributed by atoms with E-state index in [9.17, 15) is 14.4 Å². The number of anilines is 1. The molecule has 1 fully saturated rings. The van der Waals surface area contributed by atoms with Crippen molar-refractivity contribution in [1.82, 2.24) is 15.2 Å². The van der Waals surface area contributed by atoms with Crippen LogP contribution in [0.25, 0.3) is 10.9 Å². The third kappa shape index (κ3) is 4.33. The predicted molar refractivity (Wildman–Crippen MR) is 163 cm³/mol. The maximum atomic E-state index is 14.3. The Balaban J connectivity index is 1.27. The summed E-state index contributed by atoms with van der Waals surface area (Å²) in [6.07, 6.45) is 0.350. The first-order chi connectivity index (χ1) is 20.4. The fourth-order valence-corrected chi connectivity index (χ4v) is 6.38. The number of H-pyrrole nitrogens is 1. The molecular formula is C33H24Cl2N4O3. The lowest BCUT2D eigenvalue weighted by Gasteiger charge is -2.36. The minimum absolute atomic E-state index is 0.233. The smallest absolute Gasteiger partial charge is 0.332 e. The SMILES string of the molecule is O=C(NCc1ccc(Cl)cc1)c1ccccc1N1C(=O)[C@@H]2Cc3c([nH]c4ccccc34)[C@@H](c3cccc(Cl)c3)N2C1=O. The predicted octanol–water partition coefficient (Wildman–Crippen LogP) is 6.89. The Morgan fingerprint density at radius 1 is 0.881 bits per heavy atom. The summed E-state index contributed by atoms with van der Waals surface area (Å²) in [5.41, 5.74) is 4.92. The lowest BCUT2D eigenvalue weighted by Crippen LogP contribution is -2.44. The van der Waals surface area contributed by atoms with E-state index < -0.39 is 24.0 Å². The Morgan fingerprint density at radius 2 is 1.64 bits per heavy atom. The van der Waals surface area contributed by atoms with Crippen LogP contribution in [0.1, 0.15) is 38.8 Å². The van der Waals surface area contributed by atoms with Gasteiger partial charge in [-0.2, -0.15) is 0 Å². The fourth-order valence-electron chi connectivity index (χ4n) is 6.06. The number of carbonyl (C=O) groups is 3. The van der Waals surface area contributed by atoms with Gasteiger partial charge < -0.3 is 10.3 Å². The molecule has 2 aliphatic heterocycles. The Bertz CT molecular complexity index is 1880. The molecule has 3 heterocycles. The van der Waals surface area contributed by atoms with E-state index in [0.717, 1.165) is 38.2 Å². The number of hydrogen-bond donors (Lipinski definition) is 2. The zero-order chi connectivity index (χ0) is 29.0. The number of nitrogens with zero attached hydrogens (tertiary/aromatic N) is 2. The molecule has 2 atom stereocenters. The lowest BCUT2D eigenvalue weighted by molar-refractivity contribution is -0.120. The van der Waals surface area contributed by atoms with E-state index in [-0.39, 0.29) is 23.7 Å². The van der Waals surface area contributed by atoms with Crippen molar-refractivity contribution in [3.63, 3.8) is 0 Å². The van der Waals surface area contributed by atoms with Gasteiger partial charge >= 0.3 is 6.03 Å². The topological polar surface area (TPSA) is 85.5 Å². The van der Waals surface area contributed by atoms with Crippen LogP contribution >= 0.6 is 23.2 Å². The summed E-state index contributed by atoms with van der Waals surface area (Å²) in [7, 11) is 0. The third-order valence-corrected chi connectivity index (χ3v) is 8.46. The Hall–Kier alpha value is -4.59. The van der Waals surface area contributed by atoms with Crippen molar-refractivity contribution in [2.24, 2.45) is 0 Å². The Kier molecular flexibility index (Phi) is 6.49. The third-order valence-electron chi connectivity index (χ3n) is 7.97. The average Bonchev–Trinajstić information content (AvgIpc) is 3.49. The largest absolute Gasteiger partial charge is 0.356 e. The molecule has 208 valence electrons. The molecule has 7 nitrogen and oxygen atoms in total. The molecule has 5 aromatic rings. The molecule has 0 saturated carbocycles. The number of nitrogens with one attached hydrogen (secondary N) is 2. The Labute approximate surface area is 251 Å². The number of fused-ring (bicyclic) bond motifs is 4. The van der Waals surface area contributed by atoms with Crippen LogP contribution in [0.15, 0.2) is 97.1 Å². The monoisotopic (exact) mass is 594 g/mol. The van der Waals surface area contributed by atoms with Crippen LogP contribution in [0.4, 0.5) is 10.5 Å². The van der Waals surface area contributed by atoms with Crippen molar-refractivity contribution in [1.29, 1.82) is 0 Å². The van der Waals surface area contributed by atoms with Gasteiger partial charge in [0.2, 0.25) is 0 Å². The van der Waals surface area contributed by atoms with Gasteiger partial charge in [0.15, 0.2) is 0 Å². The van der Waals surface area contributed by atoms with E-state index in [2.05, 4.69) is 10.3 Å². The number of hydrogen-bond acceptors (Lipinski definition) is 3. The van der Waals surface area contributed by atoms with E-state index in [0.29, 0.717) is 16.5 Å². The number of aromatic nitrogens is 1. The van der Waals surface area contributed by atoms with E-state index in [1.54, 1.807) is 47.4 Å². The number of rotatable bonds is 5. The quantitative estimate of drug-likeness (QED) is 0.217. The van der Waals surface area contributed by atoms with Gasteiger partial charge in [0.25, 0.3) is 11.8 Å². The zero-order valence-corrected chi connectivity index (χ0v) is 23.7. The molecular weight excluding hydrogens is 571 g/mol. The molecule has 4 aromatic carbocycles. The highest BCUT2D eigenvalue weighted by molar-refractivity contribution is 6.31. The summed E-state index contributed by atoms with van der Waals surface area (Å²) >= 11 is 12.4. The molecule has 0 radical (unpaired) electrons. The summed E-state index contributed by atoms with van der Waals surface area (Å²) in [5.74, 6) is -0.769. The number of urea groups is 1. The Morgan fingerprint density at radius 3 is 2.45 bits per heavy atom. The highest BCUT2D eigenvalue weighted by Gasteiger charge is 2.53. The molecule has 0 spiro atoms. The van der Waals surface area contributed by atoms with Crippen LogP contribution in [-0.4, -0.2) is 33.8 Å². The van der Waals surface area contributed by atoms with Crippen LogP contribution < -0.4 is 10.2 Å². The van der Waals surface area contributed by atoms with Crippen LogP contribution in [0.5, 0.6) is 0 Å². The molecule has 0 bridgehead atoms. The van der Waals surface area contributed by atoms with Gasteiger partial charge in [0, 0.05) is 39.6 Å². The number of carbonyl (C=O) groups excluding carboxylic acids is 3. The average molecular weight is 595 g/mol. The minimum Gasteiger partial charge on any atom is -0.356 e. The first-order valence-corrected chi connectivity index (χ1v) is 14.3. The summed E-state index contributed by atoms with van der Waals surface area (Å²) in [5, 5.41) is 5.05. The maximum Gasteiger partial charge on any atom is 0.332 e. The van der Waals surface area contributed by atoms with E-state index in [4.69, 9.17) is 23.2 Å². The molecule has 1 aromatic heterocycles. The van der Waals surface area contributed by atoms with Gasteiger partial charge in [-0.1, -0.05) is 77.8 Å². The summed E-state index contributed by atoms with van der Waals surface area (Å²) in [6.45, 7) is 0.263. The zero-order valence-electron chi connectivity index (χ0n) is 22.2. The second-order valence-corrected chi connectivity index (χ2v) is 11.3. The highest BCUT2D eigenvalue weighted by atomic mass is 35.5. The maximum absolute atomic E-state index is 14.3. The van der Waals surface area contributed by atoms with E-state index in [1.165, 1.54) is 0 Å². The molecule has 0 unspecified atom stereocenters. The number of halogens is 2. The summed E-state index contributed by atoms with van der Waals surface area (Å²) in [4.78, 5) is 48.1. The fraction of sp³-hybridized carbons (Fsp3) is 0.121. The van der Waals surface area contributed by atoms with Crippen molar-refractivity contribution in [3.8, 4) is 0 Å². The molecule has 2 aliphatic rings. The standard InChI is InChI=1S/C33H24Cl2N4O3/c34-21-14-12-19(13-15-21)18-36-31(40)24-9-2-4-11-27(24)39-32(41)28-17-25-23-8-1-3-10-26(23)37-29(25)30(38(28)33(39)42)20-6-5-7-22(35)16-20/h1-16,28,30,37H,17-18H2,(H,36,40)/t28-,30+/m0/s1. The molecule has 4 amide bonds. The van der Waals surface area contributed by atoms with Crippen LogP contribution in [-0.2, 0) is 17.8 Å². The lowest BCUT2D eigenvalue weighted by atomic mass is 9.89. The van der Waals surface area contributed by atoms with Gasteiger partial charge in [0.05, 0.1) is 11.3 Å². The van der Waals surface area contributed by atoms with Crippen LogP contribution in [0.3, 0.4) is 0 Å². The van der Waals surface area contributed by atoms with Gasteiger partial charge in [-0.05, 0) is 59.2 Å². The number of amides is 4. The normalized spacial score (nSPS) is 17.9. The minimum atomic E-state index is -0.752.